The van der Waals surface area contributed by atoms with Crippen LogP contribution in [0.3, 0.4) is 0 Å². The lowest BCUT2D eigenvalue weighted by molar-refractivity contribution is -0.123. The molecule has 1 unspecified atom stereocenters. The van der Waals surface area contributed by atoms with E-state index in [9.17, 15) is 14.4 Å². The van der Waals surface area contributed by atoms with Gasteiger partial charge in [-0.25, -0.2) is 4.79 Å². The number of ether oxygens (including phenoxy) is 1. The maximum absolute atomic E-state index is 12.0. The smallest absolute Gasteiger partial charge is 0.337 e. The Morgan fingerprint density at radius 2 is 2.20 bits per heavy atom. The number of benzene rings is 1. The van der Waals surface area contributed by atoms with E-state index >= 15 is 0 Å². The highest BCUT2D eigenvalue weighted by molar-refractivity contribution is 6.03. The quantitative estimate of drug-likeness (QED) is 0.742. The number of carboxylic acids is 1. The molecule has 0 radical (unpaired) electrons. The summed E-state index contributed by atoms with van der Waals surface area (Å²) in [5, 5.41) is 14.2. The molecule has 3 N–H and O–H groups in total. The largest absolute Gasteiger partial charge is 0.497 e. The van der Waals surface area contributed by atoms with Crippen LogP contribution >= 0.6 is 0 Å². The zero-order chi connectivity index (χ0) is 14.7. The Morgan fingerprint density at radius 3 is 2.75 bits per heavy atom. The highest BCUT2D eigenvalue weighted by Crippen LogP contribution is 2.23. The normalized spacial score (nSPS) is 17.4. The third kappa shape index (κ3) is 2.87. The van der Waals surface area contributed by atoms with Crippen molar-refractivity contribution in [3.05, 3.63) is 23.8 Å². The molecule has 1 aromatic rings. The standard InChI is InChI=1S/C13H14N2O5/c1-20-8-2-3-10(9(5-8)13(18)19)15-12(17)7-4-11(16)14-6-7/h2-3,5,7H,4,6H2,1H3,(H,14,16)(H,15,17)(H,18,19). The van der Waals surface area contributed by atoms with E-state index in [4.69, 9.17) is 9.84 Å². The average Bonchev–Trinajstić information content (AvgIpc) is 2.85. The number of aromatic carboxylic acids is 1. The van der Waals surface area contributed by atoms with Gasteiger partial charge in [0.1, 0.15) is 5.75 Å². The fourth-order valence-electron chi connectivity index (χ4n) is 1.96. The minimum Gasteiger partial charge on any atom is -0.497 e. The first-order chi connectivity index (χ1) is 9.51. The summed E-state index contributed by atoms with van der Waals surface area (Å²) in [6.45, 7) is 0.267. The molecule has 1 saturated heterocycles. The molecular weight excluding hydrogens is 264 g/mol. The number of carbonyl (C=O) groups excluding carboxylic acids is 2. The average molecular weight is 278 g/mol. The summed E-state index contributed by atoms with van der Waals surface area (Å²) in [7, 11) is 1.43. The Bertz CT molecular complexity index is 570. The fraction of sp³-hybridized carbons (Fsp3) is 0.308. The van der Waals surface area contributed by atoms with Gasteiger partial charge in [0.2, 0.25) is 11.8 Å². The third-order valence-corrected chi connectivity index (χ3v) is 3.06. The van der Waals surface area contributed by atoms with E-state index in [1.165, 1.54) is 19.2 Å². The number of hydrogen-bond donors (Lipinski definition) is 3. The third-order valence-electron chi connectivity index (χ3n) is 3.06. The number of methoxy groups -OCH3 is 1. The van der Waals surface area contributed by atoms with Crippen molar-refractivity contribution in [3.8, 4) is 5.75 Å². The zero-order valence-corrected chi connectivity index (χ0v) is 10.8. The molecule has 0 spiro atoms. The first-order valence-electron chi connectivity index (χ1n) is 6.00. The van der Waals surface area contributed by atoms with Crippen molar-refractivity contribution >= 4 is 23.5 Å². The predicted octanol–water partition coefficient (Wildman–Crippen LogP) is 0.468. The maximum atomic E-state index is 12.0. The molecule has 1 aliphatic heterocycles. The van der Waals surface area contributed by atoms with Gasteiger partial charge in [-0.1, -0.05) is 0 Å². The van der Waals surface area contributed by atoms with Crippen molar-refractivity contribution in [2.45, 2.75) is 6.42 Å². The molecular formula is C13H14N2O5. The summed E-state index contributed by atoms with van der Waals surface area (Å²) in [5.41, 5.74) is 0.123. The molecule has 106 valence electrons. The highest BCUT2D eigenvalue weighted by Gasteiger charge is 2.28. The van der Waals surface area contributed by atoms with Crippen LogP contribution in [0.5, 0.6) is 5.75 Å². The molecule has 1 aliphatic rings. The van der Waals surface area contributed by atoms with Crippen LogP contribution in [-0.4, -0.2) is 36.5 Å². The Hall–Kier alpha value is -2.57. The summed E-state index contributed by atoms with van der Waals surface area (Å²) in [4.78, 5) is 34.2. The molecule has 0 bridgehead atoms. The number of amides is 2. The maximum Gasteiger partial charge on any atom is 0.337 e. The highest BCUT2D eigenvalue weighted by atomic mass is 16.5. The molecule has 7 heteroatoms. The fourth-order valence-corrected chi connectivity index (χ4v) is 1.96. The Balaban J connectivity index is 2.18. The van der Waals surface area contributed by atoms with Gasteiger partial charge in [0.15, 0.2) is 0 Å². The number of carboxylic acid groups (broad SMARTS) is 1. The van der Waals surface area contributed by atoms with E-state index < -0.39 is 11.9 Å². The van der Waals surface area contributed by atoms with Crippen LogP contribution < -0.4 is 15.4 Å². The van der Waals surface area contributed by atoms with Gasteiger partial charge < -0.3 is 20.5 Å². The van der Waals surface area contributed by atoms with E-state index in [0.29, 0.717) is 5.75 Å². The van der Waals surface area contributed by atoms with Crippen molar-refractivity contribution in [2.24, 2.45) is 5.92 Å². The second-order valence-electron chi connectivity index (χ2n) is 4.41. The second kappa shape index (κ2) is 5.60. The molecule has 2 amide bonds. The van der Waals surface area contributed by atoms with Gasteiger partial charge in [-0.2, -0.15) is 0 Å². The van der Waals surface area contributed by atoms with Crippen LogP contribution in [0.25, 0.3) is 0 Å². The molecule has 1 heterocycles. The molecule has 20 heavy (non-hydrogen) atoms. The van der Waals surface area contributed by atoms with Crippen molar-refractivity contribution in [2.75, 3.05) is 19.0 Å². The zero-order valence-electron chi connectivity index (χ0n) is 10.8. The monoisotopic (exact) mass is 278 g/mol. The van der Waals surface area contributed by atoms with Crippen LogP contribution in [0.1, 0.15) is 16.8 Å². The van der Waals surface area contributed by atoms with E-state index in [0.717, 1.165) is 0 Å². The summed E-state index contributed by atoms with van der Waals surface area (Å²) in [6.07, 6.45) is 0.115. The van der Waals surface area contributed by atoms with Gasteiger partial charge in [0.05, 0.1) is 24.3 Å². The minimum absolute atomic E-state index is 0.0602. The first kappa shape index (κ1) is 13.9. The van der Waals surface area contributed by atoms with Gasteiger partial charge in [0, 0.05) is 13.0 Å². The van der Waals surface area contributed by atoms with Crippen LogP contribution in [-0.2, 0) is 9.59 Å². The lowest BCUT2D eigenvalue weighted by Crippen LogP contribution is -2.25. The predicted molar refractivity (Wildman–Crippen MR) is 69.7 cm³/mol. The molecule has 2 rings (SSSR count). The molecule has 1 aromatic carbocycles. The van der Waals surface area contributed by atoms with Gasteiger partial charge in [0.25, 0.3) is 0 Å². The Labute approximate surface area is 114 Å². The molecule has 7 nitrogen and oxygen atoms in total. The number of carbonyl (C=O) groups is 3. The number of rotatable bonds is 4. The second-order valence-corrected chi connectivity index (χ2v) is 4.41. The first-order valence-corrected chi connectivity index (χ1v) is 6.00. The van der Waals surface area contributed by atoms with Crippen molar-refractivity contribution in [3.63, 3.8) is 0 Å². The van der Waals surface area contributed by atoms with Gasteiger partial charge in [-0.05, 0) is 18.2 Å². The van der Waals surface area contributed by atoms with E-state index in [-0.39, 0.29) is 36.0 Å². The lowest BCUT2D eigenvalue weighted by atomic mass is 10.1. The summed E-state index contributed by atoms with van der Waals surface area (Å²) < 4.78 is 4.95. The molecule has 1 atom stereocenters. The number of anilines is 1. The lowest BCUT2D eigenvalue weighted by Gasteiger charge is -2.12. The van der Waals surface area contributed by atoms with Crippen LogP contribution in [0, 0.1) is 5.92 Å². The van der Waals surface area contributed by atoms with Crippen LogP contribution in [0.15, 0.2) is 18.2 Å². The molecule has 0 aromatic heterocycles. The van der Waals surface area contributed by atoms with E-state index in [1.54, 1.807) is 6.07 Å². The Morgan fingerprint density at radius 1 is 1.45 bits per heavy atom. The number of hydrogen-bond acceptors (Lipinski definition) is 4. The summed E-state index contributed by atoms with van der Waals surface area (Å²) >= 11 is 0. The topological polar surface area (TPSA) is 105 Å². The van der Waals surface area contributed by atoms with E-state index in [1.807, 2.05) is 0 Å². The summed E-state index contributed by atoms with van der Waals surface area (Å²) in [5.74, 6) is -1.82. The van der Waals surface area contributed by atoms with Gasteiger partial charge in [-0.15, -0.1) is 0 Å². The molecule has 1 fully saturated rings. The molecule has 0 saturated carbocycles. The summed E-state index contributed by atoms with van der Waals surface area (Å²) in [6, 6.07) is 4.35. The van der Waals surface area contributed by atoms with Crippen molar-refractivity contribution in [1.82, 2.24) is 5.32 Å². The number of nitrogens with one attached hydrogen (secondary N) is 2. The minimum atomic E-state index is -1.17. The van der Waals surface area contributed by atoms with Crippen LogP contribution in [0.4, 0.5) is 5.69 Å². The van der Waals surface area contributed by atoms with Gasteiger partial charge >= 0.3 is 5.97 Å². The van der Waals surface area contributed by atoms with Crippen molar-refractivity contribution in [1.29, 1.82) is 0 Å². The Kier molecular flexibility index (Phi) is 3.88. The van der Waals surface area contributed by atoms with E-state index in [2.05, 4.69) is 10.6 Å². The van der Waals surface area contributed by atoms with Gasteiger partial charge in [-0.3, -0.25) is 9.59 Å². The molecule has 0 aliphatic carbocycles. The van der Waals surface area contributed by atoms with Crippen LogP contribution in [0.2, 0.25) is 0 Å². The SMILES string of the molecule is COc1ccc(NC(=O)C2CNC(=O)C2)c(C(=O)O)c1. The van der Waals surface area contributed by atoms with Crippen molar-refractivity contribution < 1.29 is 24.2 Å².